The van der Waals surface area contributed by atoms with Gasteiger partial charge in [0.25, 0.3) is 5.91 Å². The lowest BCUT2D eigenvalue weighted by molar-refractivity contribution is 0.102. The highest BCUT2D eigenvalue weighted by Crippen LogP contribution is 2.19. The van der Waals surface area contributed by atoms with Crippen molar-refractivity contribution >= 4 is 17.5 Å². The molecule has 1 amide bonds. The third-order valence-corrected chi connectivity index (χ3v) is 4.39. The van der Waals surface area contributed by atoms with E-state index in [1.165, 1.54) is 12.8 Å². The topological polar surface area (TPSA) is 75.9 Å². The van der Waals surface area contributed by atoms with E-state index in [-0.39, 0.29) is 11.6 Å². The summed E-state index contributed by atoms with van der Waals surface area (Å²) in [5.74, 6) is 1.12. The van der Waals surface area contributed by atoms with Gasteiger partial charge in [0.15, 0.2) is 11.5 Å². The molecule has 1 fully saturated rings. The monoisotopic (exact) mass is 348 g/mol. The zero-order valence-corrected chi connectivity index (χ0v) is 14.6. The zero-order chi connectivity index (χ0) is 17.9. The lowest BCUT2D eigenvalue weighted by Gasteiger charge is -2.15. The molecule has 1 aliphatic rings. The number of carbonyl (C=O) groups is 1. The van der Waals surface area contributed by atoms with E-state index in [0.29, 0.717) is 5.82 Å². The molecule has 1 aromatic carbocycles. The molecule has 0 unspecified atom stereocenters. The maximum atomic E-state index is 12.6. The third-order valence-electron chi connectivity index (χ3n) is 4.39. The molecule has 0 saturated carbocycles. The summed E-state index contributed by atoms with van der Waals surface area (Å²) in [6.07, 6.45) is 2.35. The number of aromatic nitrogens is 4. The van der Waals surface area contributed by atoms with Crippen molar-refractivity contribution in [3.63, 3.8) is 0 Å². The number of nitrogens with zero attached hydrogens (tertiary/aromatic N) is 5. The molecule has 2 aromatic heterocycles. The van der Waals surface area contributed by atoms with Crippen LogP contribution in [0.2, 0.25) is 0 Å². The smallest absolute Gasteiger partial charge is 0.277 e. The highest BCUT2D eigenvalue weighted by molar-refractivity contribution is 6.02. The number of aryl methyl sites for hydroxylation is 1. The third kappa shape index (κ3) is 3.28. The van der Waals surface area contributed by atoms with Crippen LogP contribution in [0.1, 0.15) is 29.0 Å². The molecule has 7 nitrogen and oxygen atoms in total. The van der Waals surface area contributed by atoms with Gasteiger partial charge in [0, 0.05) is 19.2 Å². The number of anilines is 2. The van der Waals surface area contributed by atoms with Crippen molar-refractivity contribution in [3.8, 4) is 5.69 Å². The number of hydrogen-bond acceptors (Lipinski definition) is 5. The normalized spacial score (nSPS) is 13.8. The lowest BCUT2D eigenvalue weighted by Crippen LogP contribution is -2.21. The van der Waals surface area contributed by atoms with Crippen LogP contribution in [0.3, 0.4) is 0 Å². The van der Waals surface area contributed by atoms with Crippen molar-refractivity contribution in [2.24, 2.45) is 0 Å². The van der Waals surface area contributed by atoms with Crippen molar-refractivity contribution < 1.29 is 4.79 Å². The number of rotatable bonds is 4. The first kappa shape index (κ1) is 16.3. The van der Waals surface area contributed by atoms with Crippen molar-refractivity contribution in [1.82, 2.24) is 20.0 Å². The fourth-order valence-electron chi connectivity index (χ4n) is 3.10. The van der Waals surface area contributed by atoms with Crippen molar-refractivity contribution in [2.75, 3.05) is 23.3 Å². The summed E-state index contributed by atoms with van der Waals surface area (Å²) < 4.78 is 1.71. The Hall–Kier alpha value is -3.22. The van der Waals surface area contributed by atoms with Crippen LogP contribution in [0.5, 0.6) is 0 Å². The lowest BCUT2D eigenvalue weighted by atomic mass is 10.3. The van der Waals surface area contributed by atoms with Gasteiger partial charge in [0.2, 0.25) is 0 Å². The fourth-order valence-corrected chi connectivity index (χ4v) is 3.10. The summed E-state index contributed by atoms with van der Waals surface area (Å²) in [5, 5.41) is 15.6. The van der Waals surface area contributed by atoms with Gasteiger partial charge in [-0.25, -0.2) is 4.68 Å². The molecule has 4 rings (SSSR count). The summed E-state index contributed by atoms with van der Waals surface area (Å²) in [4.78, 5) is 14.8. The van der Waals surface area contributed by atoms with Crippen LogP contribution >= 0.6 is 0 Å². The molecule has 0 spiro atoms. The molecule has 3 aromatic rings. The summed E-state index contributed by atoms with van der Waals surface area (Å²) in [6.45, 7) is 3.88. The van der Waals surface area contributed by atoms with E-state index in [2.05, 4.69) is 25.5 Å². The molecular formula is C19H20N6O. The predicted octanol–water partition coefficient (Wildman–Crippen LogP) is 2.82. The standard InChI is InChI=1S/C19H20N6O/c1-14-13-18(25(23-14)15-7-3-2-4-8-15)20-19(26)16-9-10-17(22-21-16)24-11-5-6-12-24/h2-4,7-10,13H,5-6,11-12H2,1H3,(H,20,26). The maximum Gasteiger partial charge on any atom is 0.277 e. The first-order valence-electron chi connectivity index (χ1n) is 8.73. The largest absolute Gasteiger partial charge is 0.355 e. The average molecular weight is 348 g/mol. The number of amides is 1. The van der Waals surface area contributed by atoms with Crippen LogP contribution in [0.15, 0.2) is 48.5 Å². The fraction of sp³-hybridized carbons (Fsp3) is 0.263. The van der Waals surface area contributed by atoms with Gasteiger partial charge in [-0.2, -0.15) is 5.10 Å². The van der Waals surface area contributed by atoms with E-state index < -0.39 is 0 Å². The minimum Gasteiger partial charge on any atom is -0.355 e. The van der Waals surface area contributed by atoms with Gasteiger partial charge in [0.05, 0.1) is 11.4 Å². The van der Waals surface area contributed by atoms with Gasteiger partial charge in [-0.3, -0.25) is 4.79 Å². The van der Waals surface area contributed by atoms with Crippen LogP contribution in [0.25, 0.3) is 5.69 Å². The first-order chi connectivity index (χ1) is 12.7. The quantitative estimate of drug-likeness (QED) is 0.785. The maximum absolute atomic E-state index is 12.6. The molecule has 132 valence electrons. The zero-order valence-electron chi connectivity index (χ0n) is 14.6. The summed E-state index contributed by atoms with van der Waals surface area (Å²) in [7, 11) is 0. The summed E-state index contributed by atoms with van der Waals surface area (Å²) in [6, 6.07) is 15.1. The Kier molecular flexibility index (Phi) is 4.35. The van der Waals surface area contributed by atoms with Crippen molar-refractivity contribution in [2.45, 2.75) is 19.8 Å². The Labute approximate surface area is 151 Å². The second-order valence-electron chi connectivity index (χ2n) is 6.34. The molecule has 1 N–H and O–H groups in total. The first-order valence-corrected chi connectivity index (χ1v) is 8.73. The molecule has 0 bridgehead atoms. The van der Waals surface area contributed by atoms with Gasteiger partial charge < -0.3 is 10.2 Å². The minimum absolute atomic E-state index is 0.284. The molecule has 3 heterocycles. The Bertz CT molecular complexity index is 898. The van der Waals surface area contributed by atoms with Crippen LogP contribution < -0.4 is 10.2 Å². The average Bonchev–Trinajstić information content (AvgIpc) is 3.32. The van der Waals surface area contributed by atoms with E-state index in [9.17, 15) is 4.79 Å². The highest BCUT2D eigenvalue weighted by Gasteiger charge is 2.17. The second kappa shape index (κ2) is 6.95. The van der Waals surface area contributed by atoms with Crippen LogP contribution in [-0.4, -0.2) is 39.0 Å². The molecule has 1 aliphatic heterocycles. The van der Waals surface area contributed by atoms with Crippen molar-refractivity contribution in [1.29, 1.82) is 0 Å². The Morgan fingerprint density at radius 2 is 1.81 bits per heavy atom. The van der Waals surface area contributed by atoms with Gasteiger partial charge >= 0.3 is 0 Å². The SMILES string of the molecule is Cc1cc(NC(=O)c2ccc(N3CCCC3)nn2)n(-c2ccccc2)n1. The molecule has 0 radical (unpaired) electrons. The Balaban J connectivity index is 1.53. The van der Waals surface area contributed by atoms with Crippen LogP contribution in [0, 0.1) is 6.92 Å². The minimum atomic E-state index is -0.303. The number of para-hydroxylation sites is 1. The van der Waals surface area contributed by atoms with E-state index in [1.807, 2.05) is 49.4 Å². The van der Waals surface area contributed by atoms with E-state index in [4.69, 9.17) is 0 Å². The molecular weight excluding hydrogens is 328 g/mol. The van der Waals surface area contributed by atoms with Crippen LogP contribution in [-0.2, 0) is 0 Å². The molecule has 1 saturated heterocycles. The van der Waals surface area contributed by atoms with Gasteiger partial charge in [-0.05, 0) is 44.0 Å². The summed E-state index contributed by atoms with van der Waals surface area (Å²) >= 11 is 0. The summed E-state index contributed by atoms with van der Waals surface area (Å²) in [5.41, 5.74) is 1.98. The Morgan fingerprint density at radius 1 is 1.04 bits per heavy atom. The van der Waals surface area contributed by atoms with Gasteiger partial charge in [-0.1, -0.05) is 18.2 Å². The molecule has 26 heavy (non-hydrogen) atoms. The van der Waals surface area contributed by atoms with E-state index >= 15 is 0 Å². The van der Waals surface area contributed by atoms with Crippen LogP contribution in [0.4, 0.5) is 11.6 Å². The van der Waals surface area contributed by atoms with Gasteiger partial charge in [-0.15, -0.1) is 10.2 Å². The van der Waals surface area contributed by atoms with Gasteiger partial charge in [0.1, 0.15) is 5.82 Å². The van der Waals surface area contributed by atoms with E-state index in [0.717, 1.165) is 30.3 Å². The van der Waals surface area contributed by atoms with E-state index in [1.54, 1.807) is 10.7 Å². The highest BCUT2D eigenvalue weighted by atomic mass is 16.2. The van der Waals surface area contributed by atoms with Crippen molar-refractivity contribution in [3.05, 3.63) is 59.9 Å². The number of carbonyl (C=O) groups excluding carboxylic acids is 1. The molecule has 7 heteroatoms. The predicted molar refractivity (Wildman–Crippen MR) is 99.7 cm³/mol. The molecule has 0 atom stereocenters. The number of benzene rings is 1. The molecule has 0 aliphatic carbocycles. The second-order valence-corrected chi connectivity index (χ2v) is 6.34. The Morgan fingerprint density at radius 3 is 2.50 bits per heavy atom. The number of nitrogens with one attached hydrogen (secondary N) is 1. The number of hydrogen-bond donors (Lipinski definition) is 1.